The summed E-state index contributed by atoms with van der Waals surface area (Å²) < 4.78 is 0. The standard InChI is InChI=1S/C13H18N2OS/c1-2-10-3-5-11(6-4-10)12(17-9-14)7-8-13(15)16/h3-7H,2,8-9,14H2,1H3,(H2,15,16)/b12-7-. The Morgan fingerprint density at radius 3 is 2.47 bits per heavy atom. The molecular weight excluding hydrogens is 232 g/mol. The average Bonchev–Trinajstić information content (AvgIpc) is 2.34. The minimum Gasteiger partial charge on any atom is -0.369 e. The number of benzene rings is 1. The van der Waals surface area contributed by atoms with Gasteiger partial charge in [0.25, 0.3) is 0 Å². The number of carbonyl (C=O) groups is 1. The molecule has 0 heterocycles. The summed E-state index contributed by atoms with van der Waals surface area (Å²) in [5, 5.41) is 0. The first-order valence-corrected chi connectivity index (χ1v) is 6.56. The normalized spacial score (nSPS) is 11.5. The molecule has 0 spiro atoms. The summed E-state index contributed by atoms with van der Waals surface area (Å²) in [7, 11) is 0. The maximum absolute atomic E-state index is 10.8. The summed E-state index contributed by atoms with van der Waals surface area (Å²) in [6, 6.07) is 8.28. The van der Waals surface area contributed by atoms with E-state index in [0.29, 0.717) is 5.88 Å². The third-order valence-corrected chi connectivity index (χ3v) is 3.25. The minimum atomic E-state index is -0.328. The summed E-state index contributed by atoms with van der Waals surface area (Å²) in [6.45, 7) is 2.12. The van der Waals surface area contributed by atoms with E-state index in [2.05, 4.69) is 19.1 Å². The summed E-state index contributed by atoms with van der Waals surface area (Å²) in [5.74, 6) is 0.158. The molecule has 0 aliphatic rings. The molecule has 0 aliphatic carbocycles. The Kier molecular flexibility index (Phi) is 5.80. The van der Waals surface area contributed by atoms with E-state index in [1.54, 1.807) is 0 Å². The van der Waals surface area contributed by atoms with Crippen LogP contribution in [-0.4, -0.2) is 11.8 Å². The van der Waals surface area contributed by atoms with Gasteiger partial charge < -0.3 is 11.5 Å². The molecule has 0 aliphatic heterocycles. The molecule has 4 N–H and O–H groups in total. The molecule has 0 fully saturated rings. The molecule has 1 aromatic rings. The van der Waals surface area contributed by atoms with Crippen molar-refractivity contribution < 1.29 is 4.79 Å². The van der Waals surface area contributed by atoms with E-state index >= 15 is 0 Å². The molecule has 0 atom stereocenters. The van der Waals surface area contributed by atoms with E-state index in [1.165, 1.54) is 17.3 Å². The molecule has 1 rings (SSSR count). The van der Waals surface area contributed by atoms with Gasteiger partial charge >= 0.3 is 0 Å². The molecule has 0 unspecified atom stereocenters. The first-order valence-electron chi connectivity index (χ1n) is 5.58. The number of aryl methyl sites for hydroxylation is 1. The molecule has 92 valence electrons. The first kappa shape index (κ1) is 13.8. The minimum absolute atomic E-state index is 0.248. The second-order valence-electron chi connectivity index (χ2n) is 3.60. The number of primary amides is 1. The Hall–Kier alpha value is -1.26. The van der Waals surface area contributed by atoms with E-state index in [1.807, 2.05) is 18.2 Å². The van der Waals surface area contributed by atoms with Gasteiger partial charge in [-0.2, -0.15) is 0 Å². The Morgan fingerprint density at radius 2 is 2.00 bits per heavy atom. The number of hydrogen-bond acceptors (Lipinski definition) is 3. The highest BCUT2D eigenvalue weighted by molar-refractivity contribution is 8.08. The lowest BCUT2D eigenvalue weighted by molar-refractivity contribution is -0.117. The highest BCUT2D eigenvalue weighted by Crippen LogP contribution is 2.27. The van der Waals surface area contributed by atoms with Crippen LogP contribution in [0, 0.1) is 0 Å². The summed E-state index contributed by atoms with van der Waals surface area (Å²) in [6.07, 6.45) is 3.10. The second kappa shape index (κ2) is 7.14. The third kappa shape index (κ3) is 4.63. The Labute approximate surface area is 106 Å². The molecule has 0 bridgehead atoms. The average molecular weight is 250 g/mol. The largest absolute Gasteiger partial charge is 0.369 e. The van der Waals surface area contributed by atoms with Gasteiger partial charge in [-0.3, -0.25) is 4.79 Å². The fourth-order valence-electron chi connectivity index (χ4n) is 1.45. The molecule has 4 heteroatoms. The lowest BCUT2D eigenvalue weighted by Crippen LogP contribution is -2.08. The highest BCUT2D eigenvalue weighted by Gasteiger charge is 2.02. The van der Waals surface area contributed by atoms with Gasteiger partial charge in [0.2, 0.25) is 5.91 Å². The fraction of sp³-hybridized carbons (Fsp3) is 0.308. The van der Waals surface area contributed by atoms with Crippen LogP contribution >= 0.6 is 11.8 Å². The van der Waals surface area contributed by atoms with Crippen LogP contribution in [-0.2, 0) is 11.2 Å². The maximum Gasteiger partial charge on any atom is 0.221 e. The van der Waals surface area contributed by atoms with Gasteiger partial charge in [0.05, 0.1) is 0 Å². The summed E-state index contributed by atoms with van der Waals surface area (Å²) >= 11 is 1.52. The predicted octanol–water partition coefficient (Wildman–Crippen LogP) is 2.11. The monoisotopic (exact) mass is 250 g/mol. The zero-order valence-corrected chi connectivity index (χ0v) is 10.8. The molecule has 1 amide bonds. The lowest BCUT2D eigenvalue weighted by atomic mass is 10.1. The summed E-state index contributed by atoms with van der Waals surface area (Å²) in [5.41, 5.74) is 13.0. The predicted molar refractivity (Wildman–Crippen MR) is 74.3 cm³/mol. The van der Waals surface area contributed by atoms with Crippen LogP contribution in [0.5, 0.6) is 0 Å². The first-order chi connectivity index (χ1) is 8.17. The van der Waals surface area contributed by atoms with Gasteiger partial charge in [-0.15, -0.1) is 11.8 Å². The SMILES string of the molecule is CCc1ccc(/C(=C/CC(N)=O)SCN)cc1. The van der Waals surface area contributed by atoms with Crippen molar-refractivity contribution >= 4 is 22.6 Å². The fourth-order valence-corrected chi connectivity index (χ4v) is 2.13. The zero-order chi connectivity index (χ0) is 12.7. The Balaban J connectivity index is 2.88. The molecule has 17 heavy (non-hydrogen) atoms. The van der Waals surface area contributed by atoms with Crippen LogP contribution in [0.25, 0.3) is 4.91 Å². The van der Waals surface area contributed by atoms with E-state index in [-0.39, 0.29) is 12.3 Å². The zero-order valence-electron chi connectivity index (χ0n) is 9.98. The van der Waals surface area contributed by atoms with Crippen molar-refractivity contribution in [3.8, 4) is 0 Å². The molecular formula is C13H18N2OS. The number of thioether (sulfide) groups is 1. The summed E-state index contributed by atoms with van der Waals surface area (Å²) in [4.78, 5) is 11.8. The lowest BCUT2D eigenvalue weighted by Gasteiger charge is -2.07. The van der Waals surface area contributed by atoms with Crippen LogP contribution in [0.15, 0.2) is 30.3 Å². The Morgan fingerprint density at radius 1 is 1.35 bits per heavy atom. The molecule has 0 aromatic heterocycles. The smallest absolute Gasteiger partial charge is 0.221 e. The number of nitrogens with two attached hydrogens (primary N) is 2. The van der Waals surface area contributed by atoms with E-state index in [4.69, 9.17) is 11.5 Å². The van der Waals surface area contributed by atoms with Gasteiger partial charge in [0.1, 0.15) is 0 Å². The van der Waals surface area contributed by atoms with Gasteiger partial charge in [0.15, 0.2) is 0 Å². The van der Waals surface area contributed by atoms with Crippen molar-refractivity contribution in [1.82, 2.24) is 0 Å². The van der Waals surface area contributed by atoms with Crippen molar-refractivity contribution in [3.05, 3.63) is 41.5 Å². The van der Waals surface area contributed by atoms with E-state index < -0.39 is 0 Å². The van der Waals surface area contributed by atoms with Crippen LogP contribution < -0.4 is 11.5 Å². The maximum atomic E-state index is 10.8. The van der Waals surface area contributed by atoms with E-state index in [9.17, 15) is 4.79 Å². The number of amides is 1. The van der Waals surface area contributed by atoms with Gasteiger partial charge in [-0.25, -0.2) is 0 Å². The van der Waals surface area contributed by atoms with Gasteiger partial charge in [0, 0.05) is 17.2 Å². The van der Waals surface area contributed by atoms with Crippen LogP contribution in [0.1, 0.15) is 24.5 Å². The van der Waals surface area contributed by atoms with Crippen molar-refractivity contribution in [2.75, 3.05) is 5.88 Å². The van der Waals surface area contributed by atoms with Crippen molar-refractivity contribution in [3.63, 3.8) is 0 Å². The molecule has 0 saturated carbocycles. The third-order valence-electron chi connectivity index (χ3n) is 2.37. The quantitative estimate of drug-likeness (QED) is 0.760. The van der Waals surface area contributed by atoms with E-state index in [0.717, 1.165) is 16.9 Å². The topological polar surface area (TPSA) is 69.1 Å². The molecule has 1 aromatic carbocycles. The molecule has 3 nitrogen and oxygen atoms in total. The van der Waals surface area contributed by atoms with Crippen LogP contribution in [0.2, 0.25) is 0 Å². The van der Waals surface area contributed by atoms with Crippen molar-refractivity contribution in [2.45, 2.75) is 19.8 Å². The second-order valence-corrected chi connectivity index (χ2v) is 4.66. The van der Waals surface area contributed by atoms with Crippen LogP contribution in [0.3, 0.4) is 0 Å². The number of carbonyl (C=O) groups excluding carboxylic acids is 1. The van der Waals surface area contributed by atoms with Gasteiger partial charge in [-0.1, -0.05) is 37.3 Å². The van der Waals surface area contributed by atoms with Crippen LogP contribution in [0.4, 0.5) is 0 Å². The number of hydrogen-bond donors (Lipinski definition) is 2. The molecule has 0 radical (unpaired) electrons. The number of rotatable bonds is 6. The molecule has 0 saturated heterocycles. The van der Waals surface area contributed by atoms with Crippen molar-refractivity contribution in [2.24, 2.45) is 11.5 Å². The van der Waals surface area contributed by atoms with Gasteiger partial charge in [-0.05, 0) is 17.5 Å². The van der Waals surface area contributed by atoms with Crippen molar-refractivity contribution in [1.29, 1.82) is 0 Å². The highest BCUT2D eigenvalue weighted by atomic mass is 32.2. The Bertz CT molecular complexity index is 398.